The topological polar surface area (TPSA) is 52.0 Å². The maximum absolute atomic E-state index is 5.49. The molecule has 1 aromatic carbocycles. The van der Waals surface area contributed by atoms with Gasteiger partial charge in [-0.15, -0.1) is 0 Å². The van der Waals surface area contributed by atoms with Gasteiger partial charge in [-0.25, -0.2) is 4.68 Å². The lowest BCUT2D eigenvalue weighted by molar-refractivity contribution is 0.391. The van der Waals surface area contributed by atoms with Crippen molar-refractivity contribution in [1.29, 1.82) is 0 Å². The molecule has 1 aromatic heterocycles. The smallest absolute Gasteiger partial charge is 0.221 e. The van der Waals surface area contributed by atoms with Gasteiger partial charge in [0.1, 0.15) is 5.75 Å². The Morgan fingerprint density at radius 3 is 2.90 bits per heavy atom. The predicted molar refractivity (Wildman–Crippen MR) is 78.4 cm³/mol. The number of anilines is 1. The molecule has 0 bridgehead atoms. The number of methoxy groups -OCH3 is 1. The first-order valence-corrected chi connectivity index (χ1v) is 7.04. The van der Waals surface area contributed by atoms with Crippen LogP contribution in [0.5, 0.6) is 5.75 Å². The molecule has 1 N–H and O–H groups in total. The van der Waals surface area contributed by atoms with E-state index in [-0.39, 0.29) is 6.04 Å². The molecule has 1 aliphatic heterocycles. The molecule has 2 heterocycles. The van der Waals surface area contributed by atoms with Crippen LogP contribution >= 0.6 is 0 Å². The zero-order chi connectivity index (χ0) is 14.1. The molecule has 0 saturated carbocycles. The summed E-state index contributed by atoms with van der Waals surface area (Å²) in [5.74, 6) is 2.98. The lowest BCUT2D eigenvalue weighted by atomic mass is 10.0. The fourth-order valence-electron chi connectivity index (χ4n) is 2.59. The standard InChI is InChI=1S/C15H20N4O/c1-10(2)14-17-15-16-9-8-12(19(15)18-14)11-6-4-5-7-13(11)20-3/h4-7,10,12H,8-9H2,1-3H3,(H,16,17,18). The maximum Gasteiger partial charge on any atom is 0.221 e. The van der Waals surface area contributed by atoms with Crippen LogP contribution in [-0.4, -0.2) is 28.4 Å². The molecule has 0 amide bonds. The van der Waals surface area contributed by atoms with Crippen molar-refractivity contribution >= 4 is 5.95 Å². The second-order valence-electron chi connectivity index (χ2n) is 5.37. The molecular weight excluding hydrogens is 252 g/mol. The van der Waals surface area contributed by atoms with Crippen LogP contribution in [0.3, 0.4) is 0 Å². The number of hydrogen-bond donors (Lipinski definition) is 1. The van der Waals surface area contributed by atoms with Crippen molar-refractivity contribution in [3.63, 3.8) is 0 Å². The van der Waals surface area contributed by atoms with Crippen LogP contribution in [-0.2, 0) is 0 Å². The quantitative estimate of drug-likeness (QED) is 0.933. The van der Waals surface area contributed by atoms with Crippen molar-refractivity contribution in [3.05, 3.63) is 35.7 Å². The van der Waals surface area contributed by atoms with Crippen LogP contribution in [0.1, 0.15) is 43.6 Å². The third-order valence-corrected chi connectivity index (χ3v) is 3.66. The summed E-state index contributed by atoms with van der Waals surface area (Å²) in [7, 11) is 1.71. The van der Waals surface area contributed by atoms with Crippen molar-refractivity contribution in [2.24, 2.45) is 0 Å². The molecule has 106 valence electrons. The zero-order valence-corrected chi connectivity index (χ0v) is 12.1. The average Bonchev–Trinajstić information content (AvgIpc) is 2.91. The lowest BCUT2D eigenvalue weighted by Gasteiger charge is -2.25. The van der Waals surface area contributed by atoms with Gasteiger partial charge in [0.25, 0.3) is 0 Å². The summed E-state index contributed by atoms with van der Waals surface area (Å²) >= 11 is 0. The highest BCUT2D eigenvalue weighted by molar-refractivity contribution is 5.40. The van der Waals surface area contributed by atoms with Crippen molar-refractivity contribution in [2.45, 2.75) is 32.2 Å². The molecule has 2 aromatic rings. The maximum atomic E-state index is 5.49. The van der Waals surface area contributed by atoms with Crippen LogP contribution in [0, 0.1) is 0 Å². The number of ether oxygens (including phenoxy) is 1. The van der Waals surface area contributed by atoms with Crippen molar-refractivity contribution in [2.75, 3.05) is 19.0 Å². The minimum absolute atomic E-state index is 0.183. The van der Waals surface area contributed by atoms with Crippen LogP contribution in [0.2, 0.25) is 0 Å². The normalized spacial score (nSPS) is 17.7. The molecule has 20 heavy (non-hydrogen) atoms. The van der Waals surface area contributed by atoms with Gasteiger partial charge in [0.2, 0.25) is 5.95 Å². The van der Waals surface area contributed by atoms with E-state index in [9.17, 15) is 0 Å². The molecule has 0 radical (unpaired) electrons. The van der Waals surface area contributed by atoms with Crippen molar-refractivity contribution in [1.82, 2.24) is 14.8 Å². The van der Waals surface area contributed by atoms with E-state index in [4.69, 9.17) is 4.74 Å². The van der Waals surface area contributed by atoms with Crippen molar-refractivity contribution in [3.8, 4) is 5.75 Å². The van der Waals surface area contributed by atoms with E-state index in [1.807, 2.05) is 22.9 Å². The van der Waals surface area contributed by atoms with Crippen LogP contribution in [0.15, 0.2) is 24.3 Å². The third-order valence-electron chi connectivity index (χ3n) is 3.66. The van der Waals surface area contributed by atoms with Gasteiger partial charge in [0, 0.05) is 18.0 Å². The van der Waals surface area contributed by atoms with Crippen LogP contribution in [0.4, 0.5) is 5.95 Å². The SMILES string of the molecule is COc1ccccc1C1CCNc2nc(C(C)C)nn21. The Bertz CT molecular complexity index is 606. The molecule has 1 aliphatic rings. The highest BCUT2D eigenvalue weighted by atomic mass is 16.5. The van der Waals surface area contributed by atoms with Gasteiger partial charge >= 0.3 is 0 Å². The Hall–Kier alpha value is -2.04. The van der Waals surface area contributed by atoms with Gasteiger partial charge in [-0.1, -0.05) is 32.0 Å². The van der Waals surface area contributed by atoms with Gasteiger partial charge in [0.15, 0.2) is 5.82 Å². The number of benzene rings is 1. The van der Waals surface area contributed by atoms with Crippen LogP contribution < -0.4 is 10.1 Å². The van der Waals surface area contributed by atoms with Gasteiger partial charge in [0.05, 0.1) is 13.2 Å². The summed E-state index contributed by atoms with van der Waals surface area (Å²) in [5.41, 5.74) is 1.16. The molecule has 1 atom stereocenters. The molecule has 1 unspecified atom stereocenters. The van der Waals surface area contributed by atoms with E-state index in [2.05, 4.69) is 35.3 Å². The summed E-state index contributed by atoms with van der Waals surface area (Å²) < 4.78 is 7.48. The van der Waals surface area contributed by atoms with E-state index >= 15 is 0 Å². The van der Waals surface area contributed by atoms with Gasteiger partial charge in [-0.3, -0.25) is 0 Å². The minimum Gasteiger partial charge on any atom is -0.496 e. The van der Waals surface area contributed by atoms with Gasteiger partial charge in [-0.2, -0.15) is 10.1 Å². The summed E-state index contributed by atoms with van der Waals surface area (Å²) in [6.07, 6.45) is 0.980. The lowest BCUT2D eigenvalue weighted by Crippen LogP contribution is -2.25. The number of nitrogens with one attached hydrogen (secondary N) is 1. The summed E-state index contributed by atoms with van der Waals surface area (Å²) in [4.78, 5) is 4.58. The van der Waals surface area contributed by atoms with Gasteiger partial charge < -0.3 is 10.1 Å². The first-order valence-electron chi connectivity index (χ1n) is 7.04. The highest BCUT2D eigenvalue weighted by Gasteiger charge is 2.26. The fraction of sp³-hybridized carbons (Fsp3) is 0.467. The molecule has 0 fully saturated rings. The molecule has 5 heteroatoms. The second-order valence-corrected chi connectivity index (χ2v) is 5.37. The average molecular weight is 272 g/mol. The third kappa shape index (κ3) is 2.13. The molecule has 5 nitrogen and oxygen atoms in total. The number of rotatable bonds is 3. The van der Waals surface area contributed by atoms with Crippen molar-refractivity contribution < 1.29 is 4.74 Å². The number of para-hydroxylation sites is 1. The van der Waals surface area contributed by atoms with Crippen LogP contribution in [0.25, 0.3) is 0 Å². The summed E-state index contributed by atoms with van der Waals surface area (Å²) in [6.45, 7) is 5.12. The van der Waals surface area contributed by atoms with E-state index in [0.29, 0.717) is 5.92 Å². The first-order chi connectivity index (χ1) is 9.70. The van der Waals surface area contributed by atoms with E-state index in [1.54, 1.807) is 7.11 Å². The Balaban J connectivity index is 2.05. The Morgan fingerprint density at radius 2 is 2.15 bits per heavy atom. The first kappa shape index (κ1) is 13.0. The monoisotopic (exact) mass is 272 g/mol. The Morgan fingerprint density at radius 1 is 1.35 bits per heavy atom. The van der Waals surface area contributed by atoms with E-state index < -0.39 is 0 Å². The molecule has 0 spiro atoms. The zero-order valence-electron chi connectivity index (χ0n) is 12.1. The number of fused-ring (bicyclic) bond motifs is 1. The largest absolute Gasteiger partial charge is 0.496 e. The Labute approximate surface area is 119 Å². The van der Waals surface area contributed by atoms with E-state index in [0.717, 1.165) is 36.1 Å². The molecule has 3 rings (SSSR count). The number of hydrogen-bond acceptors (Lipinski definition) is 4. The van der Waals surface area contributed by atoms with Gasteiger partial charge in [-0.05, 0) is 12.5 Å². The molecule has 0 saturated heterocycles. The Kier molecular flexibility index (Phi) is 3.34. The number of nitrogens with zero attached hydrogens (tertiary/aromatic N) is 3. The van der Waals surface area contributed by atoms with E-state index in [1.165, 1.54) is 0 Å². The molecule has 0 aliphatic carbocycles. The summed E-state index contributed by atoms with van der Waals surface area (Å²) in [5, 5.41) is 7.99. The minimum atomic E-state index is 0.183. The second kappa shape index (κ2) is 5.15. The summed E-state index contributed by atoms with van der Waals surface area (Å²) in [6, 6.07) is 8.32. The number of aromatic nitrogens is 3. The predicted octanol–water partition coefficient (Wildman–Crippen LogP) is 2.82. The fourth-order valence-corrected chi connectivity index (χ4v) is 2.59. The molecular formula is C15H20N4O. The highest BCUT2D eigenvalue weighted by Crippen LogP contribution is 2.34.